The van der Waals surface area contributed by atoms with Gasteiger partial charge in [0.25, 0.3) is 0 Å². The van der Waals surface area contributed by atoms with Crippen LogP contribution in [0.15, 0.2) is 67.0 Å². The van der Waals surface area contributed by atoms with Crippen LogP contribution >= 0.6 is 0 Å². The lowest BCUT2D eigenvalue weighted by Gasteiger charge is -2.07. The van der Waals surface area contributed by atoms with Crippen molar-refractivity contribution in [3.05, 3.63) is 78.1 Å². The molecule has 0 aliphatic rings. The molecule has 0 bridgehead atoms. The molecule has 3 aromatic rings. The van der Waals surface area contributed by atoms with Crippen molar-refractivity contribution in [2.24, 2.45) is 0 Å². The van der Waals surface area contributed by atoms with Crippen LogP contribution in [0, 0.1) is 0 Å². The smallest absolute Gasteiger partial charge is 0.338 e. The molecule has 1 aromatic heterocycles. The highest BCUT2D eigenvalue weighted by molar-refractivity contribution is 5.92. The summed E-state index contributed by atoms with van der Waals surface area (Å²) in [6.45, 7) is 2.42. The monoisotopic (exact) mass is 364 g/mol. The van der Waals surface area contributed by atoms with Crippen LogP contribution in [0.25, 0.3) is 5.69 Å². The van der Waals surface area contributed by atoms with Gasteiger partial charge in [-0.15, -0.1) is 0 Å². The molecule has 0 aliphatic carbocycles. The molecule has 0 fully saturated rings. The van der Waals surface area contributed by atoms with Crippen molar-refractivity contribution < 1.29 is 14.3 Å². The Morgan fingerprint density at radius 2 is 1.81 bits per heavy atom. The minimum atomic E-state index is -0.385. The minimum absolute atomic E-state index is 0.322. The van der Waals surface area contributed by atoms with Crippen molar-refractivity contribution in [1.82, 2.24) is 15.1 Å². The average molecular weight is 364 g/mol. The van der Waals surface area contributed by atoms with Gasteiger partial charge in [0.05, 0.1) is 24.1 Å². The zero-order chi connectivity index (χ0) is 19.1. The van der Waals surface area contributed by atoms with E-state index in [4.69, 9.17) is 4.74 Å². The molecule has 0 saturated heterocycles. The van der Waals surface area contributed by atoms with Gasteiger partial charge in [-0.25, -0.2) is 14.3 Å². The van der Waals surface area contributed by atoms with Crippen LogP contribution in [0.2, 0.25) is 0 Å². The van der Waals surface area contributed by atoms with E-state index in [0.717, 1.165) is 11.3 Å². The summed E-state index contributed by atoms with van der Waals surface area (Å²) in [5.41, 5.74) is 2.86. The second-order valence-corrected chi connectivity index (χ2v) is 5.73. The Labute approximate surface area is 157 Å². The van der Waals surface area contributed by atoms with Crippen molar-refractivity contribution in [3.63, 3.8) is 0 Å². The number of carbonyl (C=O) groups is 2. The van der Waals surface area contributed by atoms with Crippen LogP contribution in [0.5, 0.6) is 0 Å². The number of hydrogen-bond acceptors (Lipinski definition) is 4. The lowest BCUT2D eigenvalue weighted by atomic mass is 10.2. The number of esters is 1. The largest absolute Gasteiger partial charge is 0.462 e. The highest BCUT2D eigenvalue weighted by Gasteiger charge is 2.07. The molecule has 0 atom stereocenters. The SMILES string of the molecule is CCOC(=O)c1ccc(NC(=O)NCc2cnn(-c3ccccc3)c2)cc1. The van der Waals surface area contributed by atoms with E-state index in [1.165, 1.54) is 0 Å². The van der Waals surface area contributed by atoms with Gasteiger partial charge in [-0.3, -0.25) is 0 Å². The number of benzene rings is 2. The second kappa shape index (κ2) is 8.66. The van der Waals surface area contributed by atoms with Crippen LogP contribution in [0.4, 0.5) is 10.5 Å². The number of urea groups is 1. The fraction of sp³-hybridized carbons (Fsp3) is 0.150. The summed E-state index contributed by atoms with van der Waals surface area (Å²) < 4.78 is 6.68. The quantitative estimate of drug-likeness (QED) is 0.657. The number of amides is 2. The number of aromatic nitrogens is 2. The molecule has 2 N–H and O–H groups in total. The van der Waals surface area contributed by atoms with Crippen LogP contribution in [-0.2, 0) is 11.3 Å². The number of rotatable bonds is 6. The summed E-state index contributed by atoms with van der Waals surface area (Å²) in [5, 5.41) is 9.79. The van der Waals surface area contributed by atoms with Gasteiger partial charge in [-0.2, -0.15) is 5.10 Å². The Morgan fingerprint density at radius 1 is 1.07 bits per heavy atom. The maximum absolute atomic E-state index is 12.0. The van der Waals surface area contributed by atoms with Gasteiger partial charge >= 0.3 is 12.0 Å². The summed E-state index contributed by atoms with van der Waals surface area (Å²) in [6, 6.07) is 15.9. The Balaban J connectivity index is 1.51. The van der Waals surface area contributed by atoms with E-state index < -0.39 is 0 Å². The van der Waals surface area contributed by atoms with E-state index in [0.29, 0.717) is 24.4 Å². The predicted octanol–water partition coefficient (Wildman–Crippen LogP) is 3.37. The second-order valence-electron chi connectivity index (χ2n) is 5.73. The van der Waals surface area contributed by atoms with Crippen LogP contribution < -0.4 is 10.6 Å². The first-order valence-electron chi connectivity index (χ1n) is 8.56. The molecule has 0 aliphatic heterocycles. The van der Waals surface area contributed by atoms with Crippen molar-refractivity contribution in [2.75, 3.05) is 11.9 Å². The zero-order valence-electron chi connectivity index (χ0n) is 14.9. The average Bonchev–Trinajstić information content (AvgIpc) is 3.17. The number of para-hydroxylation sites is 1. The third kappa shape index (κ3) is 4.94. The van der Waals surface area contributed by atoms with Gasteiger partial charge < -0.3 is 15.4 Å². The number of carbonyl (C=O) groups excluding carboxylic acids is 2. The topological polar surface area (TPSA) is 85.2 Å². The van der Waals surface area contributed by atoms with Crippen LogP contribution in [0.3, 0.4) is 0 Å². The maximum Gasteiger partial charge on any atom is 0.338 e. The number of ether oxygens (including phenoxy) is 1. The van der Waals surface area contributed by atoms with E-state index in [1.807, 2.05) is 36.5 Å². The molecule has 0 radical (unpaired) electrons. The third-order valence-corrected chi connectivity index (χ3v) is 3.76. The molecule has 2 amide bonds. The van der Waals surface area contributed by atoms with E-state index in [1.54, 1.807) is 42.1 Å². The first-order valence-corrected chi connectivity index (χ1v) is 8.56. The molecule has 3 rings (SSSR count). The van der Waals surface area contributed by atoms with Gasteiger partial charge in [0.2, 0.25) is 0 Å². The summed E-state index contributed by atoms with van der Waals surface area (Å²) >= 11 is 0. The van der Waals surface area contributed by atoms with E-state index >= 15 is 0 Å². The Morgan fingerprint density at radius 3 is 2.52 bits per heavy atom. The van der Waals surface area contributed by atoms with E-state index in [2.05, 4.69) is 15.7 Å². The Bertz CT molecular complexity index is 904. The number of nitrogens with one attached hydrogen (secondary N) is 2. The molecule has 7 heteroatoms. The van der Waals surface area contributed by atoms with Crippen molar-refractivity contribution in [2.45, 2.75) is 13.5 Å². The molecule has 2 aromatic carbocycles. The molecule has 0 unspecified atom stereocenters. The highest BCUT2D eigenvalue weighted by Crippen LogP contribution is 2.11. The van der Waals surface area contributed by atoms with Crippen molar-refractivity contribution in [3.8, 4) is 5.69 Å². The lowest BCUT2D eigenvalue weighted by Crippen LogP contribution is -2.28. The Kier molecular flexibility index (Phi) is 5.84. The molecule has 138 valence electrons. The van der Waals surface area contributed by atoms with E-state index in [9.17, 15) is 9.59 Å². The summed E-state index contributed by atoms with van der Waals surface area (Å²) in [7, 11) is 0. The van der Waals surface area contributed by atoms with Gasteiger partial charge in [0.15, 0.2) is 0 Å². The first-order chi connectivity index (χ1) is 13.2. The standard InChI is InChI=1S/C20H20N4O3/c1-2-27-19(25)16-8-10-17(11-9-16)23-20(26)21-12-15-13-22-24(14-15)18-6-4-3-5-7-18/h3-11,13-14H,2,12H2,1H3,(H2,21,23,26). The fourth-order valence-corrected chi connectivity index (χ4v) is 2.44. The molecule has 27 heavy (non-hydrogen) atoms. The van der Waals surface area contributed by atoms with Crippen molar-refractivity contribution in [1.29, 1.82) is 0 Å². The van der Waals surface area contributed by atoms with Gasteiger partial charge in [0.1, 0.15) is 0 Å². The predicted molar refractivity (Wildman–Crippen MR) is 102 cm³/mol. The van der Waals surface area contributed by atoms with E-state index in [-0.39, 0.29) is 12.0 Å². The minimum Gasteiger partial charge on any atom is -0.462 e. The lowest BCUT2D eigenvalue weighted by molar-refractivity contribution is 0.0526. The highest BCUT2D eigenvalue weighted by atomic mass is 16.5. The zero-order valence-corrected chi connectivity index (χ0v) is 14.9. The number of hydrogen-bond donors (Lipinski definition) is 2. The summed E-state index contributed by atoms with van der Waals surface area (Å²) in [5.74, 6) is -0.385. The molecule has 0 saturated carbocycles. The van der Waals surface area contributed by atoms with Crippen molar-refractivity contribution >= 4 is 17.7 Å². The molecular formula is C20H20N4O3. The fourth-order valence-electron chi connectivity index (χ4n) is 2.44. The van der Waals surface area contributed by atoms with Crippen LogP contribution in [-0.4, -0.2) is 28.4 Å². The molecular weight excluding hydrogens is 344 g/mol. The third-order valence-electron chi connectivity index (χ3n) is 3.76. The van der Waals surface area contributed by atoms with Gasteiger partial charge in [-0.05, 0) is 43.3 Å². The normalized spacial score (nSPS) is 10.3. The Hall–Kier alpha value is -3.61. The number of anilines is 1. The van der Waals surface area contributed by atoms with Crippen LogP contribution in [0.1, 0.15) is 22.8 Å². The molecule has 7 nitrogen and oxygen atoms in total. The van der Waals surface area contributed by atoms with Gasteiger partial charge in [0, 0.05) is 24.0 Å². The number of nitrogens with zero attached hydrogens (tertiary/aromatic N) is 2. The molecule has 0 spiro atoms. The first kappa shape index (κ1) is 18.2. The summed E-state index contributed by atoms with van der Waals surface area (Å²) in [6.07, 6.45) is 3.57. The van der Waals surface area contributed by atoms with Gasteiger partial charge in [-0.1, -0.05) is 18.2 Å². The maximum atomic E-state index is 12.0. The summed E-state index contributed by atoms with van der Waals surface area (Å²) in [4.78, 5) is 23.7. The molecule has 1 heterocycles.